The lowest BCUT2D eigenvalue weighted by atomic mass is 10.1. The van der Waals surface area contributed by atoms with Gasteiger partial charge in [-0.1, -0.05) is 38.1 Å². The molecule has 0 aliphatic rings. The Bertz CT molecular complexity index is 893. The van der Waals surface area contributed by atoms with Crippen LogP contribution in [-0.2, 0) is 11.3 Å². The number of hydrogen-bond donors (Lipinski definition) is 0. The molecular weight excluding hydrogens is 372 g/mol. The van der Waals surface area contributed by atoms with Gasteiger partial charge in [0, 0.05) is 24.8 Å². The van der Waals surface area contributed by atoms with Gasteiger partial charge in [0.1, 0.15) is 0 Å². The van der Waals surface area contributed by atoms with Crippen LogP contribution in [0.5, 0.6) is 11.5 Å². The summed E-state index contributed by atoms with van der Waals surface area (Å²) in [4.78, 5) is 24.5. The Balaban J connectivity index is 2.07. The van der Waals surface area contributed by atoms with E-state index in [0.717, 1.165) is 5.56 Å². The molecule has 0 aliphatic carbocycles. The predicted octanol–water partition coefficient (Wildman–Crippen LogP) is 4.31. The number of carbonyl (C=O) groups excluding carboxylic acids is 1. The molecule has 0 fully saturated rings. The van der Waals surface area contributed by atoms with Gasteiger partial charge in [0.2, 0.25) is 5.91 Å². The number of methoxy groups -OCH3 is 1. The molecule has 0 saturated heterocycles. The van der Waals surface area contributed by atoms with Gasteiger partial charge in [-0.3, -0.25) is 14.9 Å². The molecule has 0 aliphatic heterocycles. The first-order valence-corrected chi connectivity index (χ1v) is 9.28. The van der Waals surface area contributed by atoms with Crippen molar-refractivity contribution in [3.63, 3.8) is 0 Å². The maximum atomic E-state index is 12.4. The Labute approximate surface area is 170 Å². The van der Waals surface area contributed by atoms with Crippen LogP contribution in [0.1, 0.15) is 25.0 Å². The van der Waals surface area contributed by atoms with E-state index in [4.69, 9.17) is 9.47 Å². The van der Waals surface area contributed by atoms with Crippen molar-refractivity contribution in [1.29, 1.82) is 0 Å². The highest BCUT2D eigenvalue weighted by Gasteiger charge is 2.15. The van der Waals surface area contributed by atoms with Gasteiger partial charge in [-0.2, -0.15) is 0 Å². The average Bonchev–Trinajstić information content (AvgIpc) is 2.70. The van der Waals surface area contributed by atoms with E-state index < -0.39 is 4.92 Å². The number of benzene rings is 2. The molecule has 7 nitrogen and oxygen atoms in total. The quantitative estimate of drug-likeness (QED) is 0.357. The molecule has 29 heavy (non-hydrogen) atoms. The smallest absolute Gasteiger partial charge is 0.274 e. The maximum Gasteiger partial charge on any atom is 0.274 e. The number of ether oxygens (including phenoxy) is 2. The normalized spacial score (nSPS) is 10.9. The molecule has 154 valence electrons. The predicted molar refractivity (Wildman–Crippen MR) is 112 cm³/mol. The van der Waals surface area contributed by atoms with E-state index in [1.54, 1.807) is 44.5 Å². The van der Waals surface area contributed by atoms with E-state index in [0.29, 0.717) is 29.6 Å². The molecule has 2 rings (SSSR count). The molecule has 0 aromatic heterocycles. The van der Waals surface area contributed by atoms with Crippen LogP contribution in [0.2, 0.25) is 0 Å². The average molecular weight is 398 g/mol. The maximum absolute atomic E-state index is 12.4. The number of para-hydroxylation sites is 1. The van der Waals surface area contributed by atoms with Crippen molar-refractivity contribution in [3.05, 3.63) is 69.8 Å². The molecule has 0 spiro atoms. The topological polar surface area (TPSA) is 81.9 Å². The highest BCUT2D eigenvalue weighted by Crippen LogP contribution is 2.29. The fraction of sp³-hybridized carbons (Fsp3) is 0.318. The zero-order valence-electron chi connectivity index (χ0n) is 17.1. The molecule has 0 heterocycles. The summed E-state index contributed by atoms with van der Waals surface area (Å²) in [6, 6.07) is 11.8. The molecule has 0 N–H and O–H groups in total. The monoisotopic (exact) mass is 398 g/mol. The fourth-order valence-electron chi connectivity index (χ4n) is 2.61. The first kappa shape index (κ1) is 21.9. The van der Waals surface area contributed by atoms with Gasteiger partial charge in [0.15, 0.2) is 11.5 Å². The van der Waals surface area contributed by atoms with Gasteiger partial charge >= 0.3 is 0 Å². The third-order valence-corrected chi connectivity index (χ3v) is 4.15. The summed E-state index contributed by atoms with van der Waals surface area (Å²) in [6.07, 6.45) is 3.10. The lowest BCUT2D eigenvalue weighted by molar-refractivity contribution is -0.385. The van der Waals surface area contributed by atoms with E-state index in [1.165, 1.54) is 17.0 Å². The van der Waals surface area contributed by atoms with Crippen molar-refractivity contribution in [1.82, 2.24) is 4.90 Å². The first-order chi connectivity index (χ1) is 13.8. The first-order valence-electron chi connectivity index (χ1n) is 9.28. The molecule has 0 radical (unpaired) electrons. The van der Waals surface area contributed by atoms with Crippen LogP contribution in [-0.4, -0.2) is 36.5 Å². The highest BCUT2D eigenvalue weighted by atomic mass is 16.6. The minimum atomic E-state index is -0.446. The Morgan fingerprint density at radius 2 is 1.93 bits per heavy atom. The number of carbonyl (C=O) groups is 1. The molecule has 2 aromatic rings. The van der Waals surface area contributed by atoms with Gasteiger partial charge in [-0.25, -0.2) is 0 Å². The minimum absolute atomic E-state index is 0.00199. The molecule has 0 saturated carbocycles. The van der Waals surface area contributed by atoms with E-state index in [9.17, 15) is 14.9 Å². The number of likely N-dealkylation sites (N-methyl/N-ethyl adjacent to an activating group) is 1. The van der Waals surface area contributed by atoms with E-state index in [2.05, 4.69) is 13.8 Å². The third-order valence-electron chi connectivity index (χ3n) is 4.15. The molecule has 1 amide bonds. The van der Waals surface area contributed by atoms with Gasteiger partial charge < -0.3 is 14.4 Å². The number of nitro benzene ring substituents is 1. The Kier molecular flexibility index (Phi) is 7.77. The fourth-order valence-corrected chi connectivity index (χ4v) is 2.61. The van der Waals surface area contributed by atoms with Gasteiger partial charge in [0.05, 0.1) is 25.2 Å². The second-order valence-electron chi connectivity index (χ2n) is 7.03. The summed E-state index contributed by atoms with van der Waals surface area (Å²) in [5.41, 5.74) is 1.26. The molecule has 7 heteroatoms. The van der Waals surface area contributed by atoms with Crippen LogP contribution in [0.25, 0.3) is 6.08 Å². The highest BCUT2D eigenvalue weighted by molar-refractivity contribution is 5.91. The van der Waals surface area contributed by atoms with Crippen LogP contribution in [0, 0.1) is 16.0 Å². The Morgan fingerprint density at radius 1 is 1.21 bits per heavy atom. The number of hydrogen-bond acceptors (Lipinski definition) is 5. The van der Waals surface area contributed by atoms with E-state index >= 15 is 0 Å². The molecular formula is C22H26N2O5. The van der Waals surface area contributed by atoms with Gasteiger partial charge in [-0.05, 0) is 29.7 Å². The van der Waals surface area contributed by atoms with E-state index in [1.807, 2.05) is 12.1 Å². The zero-order chi connectivity index (χ0) is 21.4. The van der Waals surface area contributed by atoms with Crippen LogP contribution in [0.3, 0.4) is 0 Å². The number of rotatable bonds is 9. The van der Waals surface area contributed by atoms with Crippen molar-refractivity contribution in [3.8, 4) is 11.5 Å². The molecule has 0 unspecified atom stereocenters. The lowest BCUT2D eigenvalue weighted by Gasteiger charge is -2.15. The second-order valence-corrected chi connectivity index (χ2v) is 7.03. The largest absolute Gasteiger partial charge is 0.493 e. The number of nitrogens with zero attached hydrogens (tertiary/aromatic N) is 2. The zero-order valence-corrected chi connectivity index (χ0v) is 17.1. The molecule has 0 bridgehead atoms. The van der Waals surface area contributed by atoms with E-state index in [-0.39, 0.29) is 18.1 Å². The molecule has 2 aromatic carbocycles. The van der Waals surface area contributed by atoms with Crippen molar-refractivity contribution < 1.29 is 19.2 Å². The summed E-state index contributed by atoms with van der Waals surface area (Å²) in [6.45, 7) is 4.86. The van der Waals surface area contributed by atoms with Crippen molar-refractivity contribution >= 4 is 17.7 Å². The number of nitro groups is 1. The van der Waals surface area contributed by atoms with Crippen LogP contribution in [0.4, 0.5) is 5.69 Å². The van der Waals surface area contributed by atoms with Crippen molar-refractivity contribution in [2.75, 3.05) is 20.8 Å². The summed E-state index contributed by atoms with van der Waals surface area (Å²) in [7, 11) is 3.17. The van der Waals surface area contributed by atoms with Crippen LogP contribution >= 0.6 is 0 Å². The number of amides is 1. The summed E-state index contributed by atoms with van der Waals surface area (Å²) in [5, 5.41) is 11.1. The summed E-state index contributed by atoms with van der Waals surface area (Å²) >= 11 is 0. The Morgan fingerprint density at radius 3 is 2.59 bits per heavy atom. The summed E-state index contributed by atoms with van der Waals surface area (Å²) in [5.74, 6) is 1.38. The van der Waals surface area contributed by atoms with Crippen molar-refractivity contribution in [2.24, 2.45) is 5.92 Å². The summed E-state index contributed by atoms with van der Waals surface area (Å²) < 4.78 is 11.1. The van der Waals surface area contributed by atoms with Gasteiger partial charge in [-0.15, -0.1) is 0 Å². The van der Waals surface area contributed by atoms with Crippen molar-refractivity contribution in [2.45, 2.75) is 20.4 Å². The second kappa shape index (κ2) is 10.3. The van der Waals surface area contributed by atoms with Crippen LogP contribution in [0.15, 0.2) is 48.5 Å². The standard InChI is InChI=1S/C22H26N2O5/c1-16(2)15-29-20-11-9-17(13-21(20)28-4)10-12-22(25)23(3)14-18-7-5-6-8-19(18)24(26)27/h5-13,16H,14-15H2,1-4H3/b12-10+. The Hall–Kier alpha value is -3.35. The third kappa shape index (κ3) is 6.34. The van der Waals surface area contributed by atoms with Gasteiger partial charge in [0.25, 0.3) is 5.69 Å². The lowest BCUT2D eigenvalue weighted by Crippen LogP contribution is -2.24. The van der Waals surface area contributed by atoms with Crippen LogP contribution < -0.4 is 9.47 Å². The molecule has 0 atom stereocenters. The minimum Gasteiger partial charge on any atom is -0.493 e. The SMILES string of the molecule is COc1cc(/C=C/C(=O)N(C)Cc2ccccc2[N+](=O)[O-])ccc1OCC(C)C.